The Hall–Kier alpha value is -2.08. The van der Waals surface area contributed by atoms with Gasteiger partial charge in [0.15, 0.2) is 0 Å². The molecule has 1 aliphatic heterocycles. The molecule has 2 rings (SSSR count). The molecule has 1 heterocycles. The van der Waals surface area contributed by atoms with Crippen molar-refractivity contribution in [2.24, 2.45) is 5.92 Å². The number of nitrogens with zero attached hydrogens (tertiary/aromatic N) is 1. The number of benzene rings is 1. The summed E-state index contributed by atoms with van der Waals surface area (Å²) in [5.41, 5.74) is 1.65. The lowest BCUT2D eigenvalue weighted by molar-refractivity contribution is -0.126. The summed E-state index contributed by atoms with van der Waals surface area (Å²) in [5, 5.41) is 3.01. The smallest absolute Gasteiger partial charge is 0.410 e. The van der Waals surface area contributed by atoms with Gasteiger partial charge in [-0.2, -0.15) is 0 Å². The number of carbonyl (C=O) groups excluding carboxylic acids is 2. The normalized spacial score (nSPS) is 15.6. The molecule has 1 aromatic carbocycles. The molecular formula is C20H30N2O4. The van der Waals surface area contributed by atoms with Gasteiger partial charge in [0.25, 0.3) is 0 Å². The zero-order chi connectivity index (χ0) is 19.2. The van der Waals surface area contributed by atoms with Gasteiger partial charge in [0.05, 0.1) is 6.61 Å². The number of rotatable bonds is 5. The molecule has 1 fully saturated rings. The lowest BCUT2D eigenvalue weighted by Gasteiger charge is -2.32. The summed E-state index contributed by atoms with van der Waals surface area (Å²) in [6, 6.07) is 8.00. The van der Waals surface area contributed by atoms with E-state index in [0.29, 0.717) is 39.1 Å². The fourth-order valence-corrected chi connectivity index (χ4v) is 2.98. The number of hydrogen-bond donors (Lipinski definition) is 1. The van der Waals surface area contributed by atoms with E-state index < -0.39 is 5.60 Å². The van der Waals surface area contributed by atoms with Gasteiger partial charge in [-0.3, -0.25) is 4.79 Å². The highest BCUT2D eigenvalue weighted by molar-refractivity contribution is 5.79. The van der Waals surface area contributed by atoms with Crippen LogP contribution >= 0.6 is 0 Å². The van der Waals surface area contributed by atoms with E-state index in [1.54, 1.807) is 12.0 Å². The van der Waals surface area contributed by atoms with Crippen LogP contribution in [0.3, 0.4) is 0 Å². The summed E-state index contributed by atoms with van der Waals surface area (Å²) >= 11 is 0. The Morgan fingerprint density at radius 1 is 1.19 bits per heavy atom. The van der Waals surface area contributed by atoms with Crippen molar-refractivity contribution in [2.75, 3.05) is 20.2 Å². The van der Waals surface area contributed by atoms with Crippen molar-refractivity contribution in [2.45, 2.75) is 52.4 Å². The Morgan fingerprint density at radius 2 is 1.85 bits per heavy atom. The number of hydrogen-bond acceptors (Lipinski definition) is 4. The maximum Gasteiger partial charge on any atom is 0.410 e. The van der Waals surface area contributed by atoms with Crippen molar-refractivity contribution in [1.82, 2.24) is 10.2 Å². The third-order valence-electron chi connectivity index (χ3n) is 4.29. The standard InChI is InChI=1S/C20H30N2O4/c1-20(2,3)26-19(24)22-10-8-17(9-11-22)18(23)21-13-15-6-5-7-16(12-15)14-25-4/h5-7,12,17H,8-11,13-14H2,1-4H3,(H,21,23). The van der Waals surface area contributed by atoms with E-state index in [0.717, 1.165) is 11.1 Å². The SMILES string of the molecule is COCc1cccc(CNC(=O)C2CCN(C(=O)OC(C)(C)C)CC2)c1. The maximum atomic E-state index is 12.4. The minimum absolute atomic E-state index is 0.0472. The molecule has 1 saturated heterocycles. The Kier molecular flexibility index (Phi) is 7.03. The number of methoxy groups -OCH3 is 1. The lowest BCUT2D eigenvalue weighted by Crippen LogP contribution is -2.44. The summed E-state index contributed by atoms with van der Waals surface area (Å²) in [6.45, 7) is 7.73. The number of ether oxygens (including phenoxy) is 2. The number of carbonyl (C=O) groups is 2. The highest BCUT2D eigenvalue weighted by Crippen LogP contribution is 2.20. The van der Waals surface area contributed by atoms with Crippen LogP contribution in [0, 0.1) is 5.92 Å². The van der Waals surface area contributed by atoms with Crippen molar-refractivity contribution in [1.29, 1.82) is 0 Å². The zero-order valence-corrected chi connectivity index (χ0v) is 16.2. The number of amides is 2. The Morgan fingerprint density at radius 3 is 2.46 bits per heavy atom. The minimum Gasteiger partial charge on any atom is -0.444 e. The molecular weight excluding hydrogens is 332 g/mol. The molecule has 6 nitrogen and oxygen atoms in total. The second-order valence-electron chi connectivity index (χ2n) is 7.71. The molecule has 144 valence electrons. The Balaban J connectivity index is 1.78. The van der Waals surface area contributed by atoms with Gasteiger partial charge in [-0.25, -0.2) is 4.79 Å². The van der Waals surface area contributed by atoms with Gasteiger partial charge in [0.1, 0.15) is 5.60 Å². The van der Waals surface area contributed by atoms with Crippen molar-refractivity contribution in [3.05, 3.63) is 35.4 Å². The average molecular weight is 362 g/mol. The summed E-state index contributed by atoms with van der Waals surface area (Å²) < 4.78 is 10.5. The van der Waals surface area contributed by atoms with Crippen LogP contribution in [0.2, 0.25) is 0 Å². The first-order valence-electron chi connectivity index (χ1n) is 9.11. The van der Waals surface area contributed by atoms with E-state index in [-0.39, 0.29) is 17.9 Å². The van der Waals surface area contributed by atoms with Crippen LogP contribution in [-0.4, -0.2) is 42.7 Å². The van der Waals surface area contributed by atoms with Gasteiger partial charge in [0, 0.05) is 32.7 Å². The highest BCUT2D eigenvalue weighted by atomic mass is 16.6. The molecule has 0 saturated carbocycles. The molecule has 0 spiro atoms. The first kappa shape index (κ1) is 20.2. The lowest BCUT2D eigenvalue weighted by atomic mass is 9.96. The van der Waals surface area contributed by atoms with Crippen molar-refractivity contribution >= 4 is 12.0 Å². The highest BCUT2D eigenvalue weighted by Gasteiger charge is 2.29. The molecule has 0 aromatic heterocycles. The molecule has 6 heteroatoms. The van der Waals surface area contributed by atoms with E-state index in [1.807, 2.05) is 45.0 Å². The van der Waals surface area contributed by atoms with Crippen LogP contribution in [0.15, 0.2) is 24.3 Å². The largest absolute Gasteiger partial charge is 0.444 e. The van der Waals surface area contributed by atoms with Crippen molar-refractivity contribution in [3.63, 3.8) is 0 Å². The van der Waals surface area contributed by atoms with E-state index in [4.69, 9.17) is 9.47 Å². The average Bonchev–Trinajstić information content (AvgIpc) is 2.59. The molecule has 2 amide bonds. The van der Waals surface area contributed by atoms with Gasteiger partial charge in [-0.15, -0.1) is 0 Å². The predicted molar refractivity (Wildman–Crippen MR) is 99.5 cm³/mol. The van der Waals surface area contributed by atoms with E-state index in [2.05, 4.69) is 5.32 Å². The van der Waals surface area contributed by atoms with Crippen molar-refractivity contribution in [3.8, 4) is 0 Å². The van der Waals surface area contributed by atoms with Crippen LogP contribution < -0.4 is 5.32 Å². The van der Waals surface area contributed by atoms with Crippen LogP contribution in [0.4, 0.5) is 4.79 Å². The molecule has 0 aliphatic carbocycles. The third-order valence-corrected chi connectivity index (χ3v) is 4.29. The third kappa shape index (κ3) is 6.33. The summed E-state index contributed by atoms with van der Waals surface area (Å²) in [4.78, 5) is 26.2. The van der Waals surface area contributed by atoms with Gasteiger partial charge in [-0.05, 0) is 44.7 Å². The summed E-state index contributed by atoms with van der Waals surface area (Å²) in [7, 11) is 1.66. The van der Waals surface area contributed by atoms with Crippen molar-refractivity contribution < 1.29 is 19.1 Å². The van der Waals surface area contributed by atoms with E-state index in [1.165, 1.54) is 0 Å². The zero-order valence-electron chi connectivity index (χ0n) is 16.2. The molecule has 0 bridgehead atoms. The first-order chi connectivity index (χ1) is 12.3. The minimum atomic E-state index is -0.497. The molecule has 0 atom stereocenters. The molecule has 1 aliphatic rings. The van der Waals surface area contributed by atoms with Gasteiger partial charge < -0.3 is 19.7 Å². The topological polar surface area (TPSA) is 67.9 Å². The molecule has 0 unspecified atom stereocenters. The van der Waals surface area contributed by atoms with E-state index >= 15 is 0 Å². The number of piperidine rings is 1. The number of likely N-dealkylation sites (tertiary alicyclic amines) is 1. The summed E-state index contributed by atoms with van der Waals surface area (Å²) in [5.74, 6) is -0.0122. The van der Waals surface area contributed by atoms with Gasteiger partial charge in [0.2, 0.25) is 5.91 Å². The monoisotopic (exact) mass is 362 g/mol. The second-order valence-corrected chi connectivity index (χ2v) is 7.71. The van der Waals surface area contributed by atoms with Gasteiger partial charge >= 0.3 is 6.09 Å². The number of nitrogens with one attached hydrogen (secondary N) is 1. The van der Waals surface area contributed by atoms with E-state index in [9.17, 15) is 9.59 Å². The summed E-state index contributed by atoms with van der Waals surface area (Å²) in [6.07, 6.45) is 1.02. The maximum absolute atomic E-state index is 12.4. The molecule has 26 heavy (non-hydrogen) atoms. The fraction of sp³-hybridized carbons (Fsp3) is 0.600. The van der Waals surface area contributed by atoms with Crippen LogP contribution in [-0.2, 0) is 27.4 Å². The molecule has 1 aromatic rings. The second kappa shape index (κ2) is 9.03. The van der Waals surface area contributed by atoms with Gasteiger partial charge in [-0.1, -0.05) is 24.3 Å². The van der Waals surface area contributed by atoms with Crippen LogP contribution in [0.5, 0.6) is 0 Å². The van der Waals surface area contributed by atoms with Crippen LogP contribution in [0.1, 0.15) is 44.7 Å². The first-order valence-corrected chi connectivity index (χ1v) is 9.11. The Bertz CT molecular complexity index is 616. The Labute approximate surface area is 155 Å². The fourth-order valence-electron chi connectivity index (χ4n) is 2.98. The quantitative estimate of drug-likeness (QED) is 0.874. The molecule has 0 radical (unpaired) electrons. The van der Waals surface area contributed by atoms with Crippen LogP contribution in [0.25, 0.3) is 0 Å². The predicted octanol–water partition coefficient (Wildman–Crippen LogP) is 3.10. The molecule has 1 N–H and O–H groups in total.